The summed E-state index contributed by atoms with van der Waals surface area (Å²) in [6.07, 6.45) is 0. The second kappa shape index (κ2) is 10.3. The number of carbonyl (C=O) groups excluding carboxylic acids is 1. The van der Waals surface area contributed by atoms with Crippen LogP contribution in [-0.4, -0.2) is 30.7 Å². The number of amides is 1. The molecule has 0 radical (unpaired) electrons. The molecule has 0 bridgehead atoms. The standard InChI is InChI=1S/C22H23ClN2O4S/c1-4-27-18-11-15(12-19(28-5-2)20(18)29-6-3)21(26)25-22-24-17(13-30-22)14-7-9-16(23)10-8-14/h7-13H,4-6H2,1-3H3,(H,24,25,26). The lowest BCUT2D eigenvalue weighted by Crippen LogP contribution is -2.13. The Bertz CT molecular complexity index is 978. The van der Waals surface area contributed by atoms with Crippen LogP contribution >= 0.6 is 22.9 Å². The monoisotopic (exact) mass is 446 g/mol. The van der Waals surface area contributed by atoms with Gasteiger partial charge >= 0.3 is 0 Å². The summed E-state index contributed by atoms with van der Waals surface area (Å²) in [5, 5.41) is 5.88. The Labute approximate surface area is 184 Å². The predicted molar refractivity (Wildman–Crippen MR) is 120 cm³/mol. The maximum absolute atomic E-state index is 12.9. The van der Waals surface area contributed by atoms with Crippen LogP contribution in [0.4, 0.5) is 5.13 Å². The number of halogens is 1. The number of nitrogens with zero attached hydrogens (tertiary/aromatic N) is 1. The highest BCUT2D eigenvalue weighted by molar-refractivity contribution is 7.14. The smallest absolute Gasteiger partial charge is 0.257 e. The van der Waals surface area contributed by atoms with Crippen LogP contribution in [0, 0.1) is 0 Å². The van der Waals surface area contributed by atoms with E-state index < -0.39 is 0 Å². The van der Waals surface area contributed by atoms with E-state index >= 15 is 0 Å². The summed E-state index contributed by atoms with van der Waals surface area (Å²) < 4.78 is 17.0. The minimum absolute atomic E-state index is 0.308. The van der Waals surface area contributed by atoms with Crippen LogP contribution in [0.15, 0.2) is 41.8 Å². The number of benzene rings is 2. The van der Waals surface area contributed by atoms with E-state index in [1.807, 2.05) is 38.3 Å². The maximum Gasteiger partial charge on any atom is 0.257 e. The van der Waals surface area contributed by atoms with Crippen molar-refractivity contribution in [3.8, 4) is 28.5 Å². The molecule has 3 rings (SSSR count). The molecule has 1 amide bonds. The molecule has 0 saturated carbocycles. The summed E-state index contributed by atoms with van der Waals surface area (Å²) in [6, 6.07) is 10.7. The van der Waals surface area contributed by atoms with Gasteiger partial charge in [0.15, 0.2) is 16.6 Å². The minimum atomic E-state index is -0.308. The van der Waals surface area contributed by atoms with Crippen molar-refractivity contribution < 1.29 is 19.0 Å². The number of carbonyl (C=O) groups is 1. The summed E-state index contributed by atoms with van der Waals surface area (Å²) in [5.74, 6) is 1.13. The highest BCUT2D eigenvalue weighted by Crippen LogP contribution is 2.39. The van der Waals surface area contributed by atoms with Crippen molar-refractivity contribution in [2.75, 3.05) is 25.1 Å². The second-order valence-electron chi connectivity index (χ2n) is 6.10. The molecule has 1 N–H and O–H groups in total. The molecule has 0 aliphatic heterocycles. The van der Waals surface area contributed by atoms with Gasteiger partial charge in [-0.2, -0.15) is 0 Å². The van der Waals surface area contributed by atoms with E-state index in [1.54, 1.807) is 24.3 Å². The SMILES string of the molecule is CCOc1cc(C(=O)Nc2nc(-c3ccc(Cl)cc3)cs2)cc(OCC)c1OCC. The number of hydrogen-bond donors (Lipinski definition) is 1. The van der Waals surface area contributed by atoms with Crippen LogP contribution in [0.25, 0.3) is 11.3 Å². The number of anilines is 1. The summed E-state index contributed by atoms with van der Waals surface area (Å²) >= 11 is 7.29. The lowest BCUT2D eigenvalue weighted by molar-refractivity contribution is 0.102. The molecule has 0 unspecified atom stereocenters. The third kappa shape index (κ3) is 5.23. The molecule has 0 spiro atoms. The molecule has 30 heavy (non-hydrogen) atoms. The average Bonchev–Trinajstić information content (AvgIpc) is 3.19. The normalized spacial score (nSPS) is 10.5. The fraction of sp³-hybridized carbons (Fsp3) is 0.273. The molecule has 0 fully saturated rings. The van der Waals surface area contributed by atoms with Gasteiger partial charge in [0.2, 0.25) is 5.75 Å². The zero-order chi connectivity index (χ0) is 21.5. The summed E-state index contributed by atoms with van der Waals surface area (Å²) in [7, 11) is 0. The van der Waals surface area contributed by atoms with E-state index in [4.69, 9.17) is 25.8 Å². The topological polar surface area (TPSA) is 69.7 Å². The Kier molecular flexibility index (Phi) is 7.54. The molecule has 158 valence electrons. The van der Waals surface area contributed by atoms with E-state index in [-0.39, 0.29) is 5.91 Å². The Balaban J connectivity index is 1.85. The first kappa shape index (κ1) is 21.9. The molecular weight excluding hydrogens is 424 g/mol. The second-order valence-corrected chi connectivity index (χ2v) is 7.39. The molecule has 2 aromatic carbocycles. The van der Waals surface area contributed by atoms with Gasteiger partial charge in [-0.25, -0.2) is 4.98 Å². The largest absolute Gasteiger partial charge is 0.490 e. The highest BCUT2D eigenvalue weighted by Gasteiger charge is 2.19. The average molecular weight is 447 g/mol. The molecular formula is C22H23ClN2O4S. The molecule has 8 heteroatoms. The van der Waals surface area contributed by atoms with Crippen molar-refractivity contribution in [2.24, 2.45) is 0 Å². The summed E-state index contributed by atoms with van der Waals surface area (Å²) in [6.45, 7) is 6.96. The number of ether oxygens (including phenoxy) is 3. The number of nitrogens with one attached hydrogen (secondary N) is 1. The first-order valence-electron chi connectivity index (χ1n) is 9.64. The number of rotatable bonds is 9. The van der Waals surface area contributed by atoms with Crippen LogP contribution in [0.1, 0.15) is 31.1 Å². The van der Waals surface area contributed by atoms with Crippen molar-refractivity contribution in [2.45, 2.75) is 20.8 Å². The van der Waals surface area contributed by atoms with Gasteiger partial charge in [-0.15, -0.1) is 11.3 Å². The Morgan fingerprint density at radius 2 is 1.60 bits per heavy atom. The van der Waals surface area contributed by atoms with Gasteiger partial charge < -0.3 is 14.2 Å². The van der Waals surface area contributed by atoms with Gasteiger partial charge in [0, 0.05) is 21.5 Å². The van der Waals surface area contributed by atoms with E-state index in [2.05, 4.69) is 10.3 Å². The number of thiazole rings is 1. The molecule has 0 aliphatic rings. The van der Waals surface area contributed by atoms with E-state index in [0.717, 1.165) is 11.3 Å². The third-order valence-electron chi connectivity index (χ3n) is 4.04. The van der Waals surface area contributed by atoms with Crippen LogP contribution in [0.3, 0.4) is 0 Å². The summed E-state index contributed by atoms with van der Waals surface area (Å²) in [5.41, 5.74) is 2.09. The van der Waals surface area contributed by atoms with Crippen molar-refractivity contribution in [1.29, 1.82) is 0 Å². The number of aromatic nitrogens is 1. The quantitative estimate of drug-likeness (QED) is 0.442. The van der Waals surface area contributed by atoms with Gasteiger partial charge in [0.1, 0.15) is 0 Å². The van der Waals surface area contributed by atoms with Crippen LogP contribution in [0.2, 0.25) is 5.02 Å². The lowest BCUT2D eigenvalue weighted by Gasteiger charge is -2.16. The van der Waals surface area contributed by atoms with Gasteiger partial charge in [-0.1, -0.05) is 23.7 Å². The van der Waals surface area contributed by atoms with Crippen molar-refractivity contribution >= 4 is 34.0 Å². The molecule has 6 nitrogen and oxygen atoms in total. The molecule has 0 saturated heterocycles. The molecule has 3 aromatic rings. The fourth-order valence-corrected chi connectivity index (χ4v) is 3.61. The van der Waals surface area contributed by atoms with Crippen LogP contribution in [0.5, 0.6) is 17.2 Å². The molecule has 0 atom stereocenters. The Morgan fingerprint density at radius 3 is 2.17 bits per heavy atom. The molecule has 1 heterocycles. The molecule has 1 aromatic heterocycles. The van der Waals surface area contributed by atoms with Crippen molar-refractivity contribution in [1.82, 2.24) is 4.98 Å². The van der Waals surface area contributed by atoms with Gasteiger partial charge in [-0.05, 0) is 45.0 Å². The van der Waals surface area contributed by atoms with Gasteiger partial charge in [-0.3, -0.25) is 10.1 Å². The Hall–Kier alpha value is -2.77. The van der Waals surface area contributed by atoms with E-state index in [1.165, 1.54) is 11.3 Å². The van der Waals surface area contributed by atoms with Gasteiger partial charge in [0.25, 0.3) is 5.91 Å². The maximum atomic E-state index is 12.9. The van der Waals surface area contributed by atoms with Crippen molar-refractivity contribution in [3.63, 3.8) is 0 Å². The Morgan fingerprint density at radius 1 is 1.00 bits per heavy atom. The van der Waals surface area contributed by atoms with E-state index in [0.29, 0.717) is 52.8 Å². The van der Waals surface area contributed by atoms with E-state index in [9.17, 15) is 4.79 Å². The predicted octanol–water partition coefficient (Wildman–Crippen LogP) is 5.91. The minimum Gasteiger partial charge on any atom is -0.490 e. The zero-order valence-corrected chi connectivity index (χ0v) is 18.6. The first-order chi connectivity index (χ1) is 14.5. The number of hydrogen-bond acceptors (Lipinski definition) is 6. The fourth-order valence-electron chi connectivity index (χ4n) is 2.77. The third-order valence-corrected chi connectivity index (χ3v) is 5.05. The van der Waals surface area contributed by atoms with Crippen LogP contribution < -0.4 is 19.5 Å². The zero-order valence-electron chi connectivity index (χ0n) is 17.0. The lowest BCUT2D eigenvalue weighted by atomic mass is 10.1. The van der Waals surface area contributed by atoms with Gasteiger partial charge in [0.05, 0.1) is 25.5 Å². The van der Waals surface area contributed by atoms with Crippen LogP contribution in [-0.2, 0) is 0 Å². The summed E-state index contributed by atoms with van der Waals surface area (Å²) in [4.78, 5) is 17.4. The highest BCUT2D eigenvalue weighted by atomic mass is 35.5. The first-order valence-corrected chi connectivity index (χ1v) is 10.9. The van der Waals surface area contributed by atoms with Crippen molar-refractivity contribution in [3.05, 3.63) is 52.4 Å². The molecule has 0 aliphatic carbocycles.